The average molecular weight is 605 g/mol. The smallest absolute Gasteiger partial charge is 0.475 e. The molecule has 3 atom stereocenters. The molecule has 2 saturated heterocycles. The monoisotopic (exact) mass is 604 g/mol. The number of carboxylic acid groups (broad SMARTS) is 1. The van der Waals surface area contributed by atoms with Gasteiger partial charge in [0, 0.05) is 43.7 Å². The van der Waals surface area contributed by atoms with Crippen LogP contribution in [0.1, 0.15) is 53.1 Å². The molecule has 3 aliphatic rings. The average Bonchev–Trinajstić information content (AvgIpc) is 3.55. The second-order valence-electron chi connectivity index (χ2n) is 10.3. The first-order valence-electron chi connectivity index (χ1n) is 13.1. The fraction of sp³-hybridized carbons (Fsp3) is 0.462. The predicted octanol–water partition coefficient (Wildman–Crippen LogP) is 0.720. The molecular formula is C26H27F3N8O6. The summed E-state index contributed by atoms with van der Waals surface area (Å²) in [6.45, 7) is 5.55. The van der Waals surface area contributed by atoms with Crippen molar-refractivity contribution in [3.8, 4) is 11.8 Å². The number of nitrogens with one attached hydrogen (secondary N) is 1. The molecule has 0 spiro atoms. The van der Waals surface area contributed by atoms with Crippen LogP contribution >= 0.6 is 0 Å². The zero-order chi connectivity index (χ0) is 31.6. The number of alkyl halides is 3. The Kier molecular flexibility index (Phi) is 8.80. The number of aromatic nitrogens is 3. The Balaban J connectivity index is 0.000000541. The number of nitrogens with zero attached hydrogens (tertiary/aromatic N) is 7. The lowest BCUT2D eigenvalue weighted by Gasteiger charge is -2.43. The number of piperazine rings is 1. The fourth-order valence-electron chi connectivity index (χ4n) is 5.27. The van der Waals surface area contributed by atoms with E-state index in [1.807, 2.05) is 13.8 Å². The largest absolute Gasteiger partial charge is 0.490 e. The van der Waals surface area contributed by atoms with E-state index in [2.05, 4.69) is 26.6 Å². The summed E-state index contributed by atoms with van der Waals surface area (Å²) in [5, 5.41) is 26.7. The van der Waals surface area contributed by atoms with Crippen molar-refractivity contribution in [1.29, 1.82) is 5.26 Å². The van der Waals surface area contributed by atoms with Crippen LogP contribution in [0.15, 0.2) is 24.4 Å². The van der Waals surface area contributed by atoms with E-state index in [1.165, 1.54) is 9.58 Å². The second kappa shape index (κ2) is 12.2. The van der Waals surface area contributed by atoms with Crippen molar-refractivity contribution in [3.63, 3.8) is 0 Å². The number of imide groups is 1. The molecule has 3 unspecified atom stereocenters. The predicted molar refractivity (Wildman–Crippen MR) is 138 cm³/mol. The van der Waals surface area contributed by atoms with E-state index in [0.717, 1.165) is 5.56 Å². The maximum Gasteiger partial charge on any atom is 0.490 e. The highest BCUT2D eigenvalue weighted by atomic mass is 19.4. The van der Waals surface area contributed by atoms with E-state index in [0.29, 0.717) is 37.3 Å². The van der Waals surface area contributed by atoms with Gasteiger partial charge in [-0.25, -0.2) is 9.48 Å². The molecule has 2 aromatic rings. The summed E-state index contributed by atoms with van der Waals surface area (Å²) in [7, 11) is 0. The van der Waals surface area contributed by atoms with Gasteiger partial charge >= 0.3 is 12.1 Å². The van der Waals surface area contributed by atoms with Crippen LogP contribution in [0.25, 0.3) is 5.69 Å². The highest BCUT2D eigenvalue weighted by Crippen LogP contribution is 2.29. The molecule has 17 heteroatoms. The van der Waals surface area contributed by atoms with Gasteiger partial charge in [-0.1, -0.05) is 5.21 Å². The first-order chi connectivity index (χ1) is 20.2. The van der Waals surface area contributed by atoms with E-state index in [-0.39, 0.29) is 48.5 Å². The summed E-state index contributed by atoms with van der Waals surface area (Å²) >= 11 is 0. The number of aliphatic carboxylic acids is 1. The van der Waals surface area contributed by atoms with Crippen LogP contribution < -0.4 is 5.32 Å². The van der Waals surface area contributed by atoms with Crippen molar-refractivity contribution in [2.45, 2.75) is 57.5 Å². The quantitative estimate of drug-likeness (QED) is 0.373. The second-order valence-corrected chi connectivity index (χ2v) is 10.3. The maximum absolute atomic E-state index is 13.1. The van der Waals surface area contributed by atoms with Crippen LogP contribution in [-0.2, 0) is 20.9 Å². The molecule has 1 aromatic carbocycles. The number of halogens is 3. The molecule has 0 saturated carbocycles. The van der Waals surface area contributed by atoms with Crippen molar-refractivity contribution >= 4 is 29.6 Å². The van der Waals surface area contributed by atoms with Gasteiger partial charge in [-0.2, -0.15) is 18.4 Å². The Morgan fingerprint density at radius 3 is 2.40 bits per heavy atom. The Hall–Kier alpha value is -4.85. The number of hydrogen-bond acceptors (Lipinski definition) is 9. The molecule has 4 heterocycles. The number of nitriles is 1. The van der Waals surface area contributed by atoms with Gasteiger partial charge in [0.15, 0.2) is 5.69 Å². The minimum atomic E-state index is -5.08. The standard InChI is InChI=1S/C24H26N8O4.C2HF3O2/c1-14-10-29(11-15(2)30(14)8-7-25)24(36)19-13-32(28-27-19)17-3-4-18-16(9-17)12-31(23(18)35)20-5-6-21(33)26-22(20)34;3-2(4,5)1(6)7/h3-4,9,13-15,20H,5-6,8,10-12H2,1-2H3,(H,26,33,34);(H,6,7). The van der Waals surface area contributed by atoms with Gasteiger partial charge in [0.05, 0.1) is 24.5 Å². The molecule has 4 amide bonds. The topological polar surface area (TPSA) is 182 Å². The zero-order valence-corrected chi connectivity index (χ0v) is 23.0. The first kappa shape index (κ1) is 31.1. The number of benzene rings is 1. The van der Waals surface area contributed by atoms with Crippen LogP contribution in [0.2, 0.25) is 0 Å². The zero-order valence-electron chi connectivity index (χ0n) is 23.0. The molecule has 228 valence electrons. The lowest BCUT2D eigenvalue weighted by molar-refractivity contribution is -0.192. The molecule has 5 rings (SSSR count). The lowest BCUT2D eigenvalue weighted by Crippen LogP contribution is -2.58. The minimum Gasteiger partial charge on any atom is -0.475 e. The molecule has 14 nitrogen and oxygen atoms in total. The SMILES string of the molecule is CC1CN(C(=O)c2cn(-c3ccc4c(c3)CN(C3CCC(=O)NC3=O)C4=O)nn2)CC(C)N1CC#N.O=C(O)C(F)(F)F. The van der Waals surface area contributed by atoms with Gasteiger partial charge in [-0.15, -0.1) is 5.10 Å². The minimum absolute atomic E-state index is 0.0500. The van der Waals surface area contributed by atoms with Crippen LogP contribution in [0.4, 0.5) is 13.2 Å². The fourth-order valence-corrected chi connectivity index (χ4v) is 5.27. The Morgan fingerprint density at radius 1 is 1.16 bits per heavy atom. The van der Waals surface area contributed by atoms with E-state index >= 15 is 0 Å². The molecule has 43 heavy (non-hydrogen) atoms. The van der Waals surface area contributed by atoms with Gasteiger partial charge in [0.1, 0.15) is 6.04 Å². The highest BCUT2D eigenvalue weighted by Gasteiger charge is 2.40. The van der Waals surface area contributed by atoms with Gasteiger partial charge in [-0.3, -0.25) is 29.4 Å². The third-order valence-corrected chi connectivity index (χ3v) is 7.37. The number of rotatable bonds is 4. The van der Waals surface area contributed by atoms with Crippen LogP contribution in [0.3, 0.4) is 0 Å². The van der Waals surface area contributed by atoms with Crippen LogP contribution in [0, 0.1) is 11.3 Å². The Morgan fingerprint density at radius 2 is 1.81 bits per heavy atom. The third-order valence-electron chi connectivity index (χ3n) is 7.37. The van der Waals surface area contributed by atoms with E-state index in [4.69, 9.17) is 15.2 Å². The third kappa shape index (κ3) is 6.64. The van der Waals surface area contributed by atoms with Crippen molar-refractivity contribution in [3.05, 3.63) is 41.2 Å². The maximum atomic E-state index is 13.1. The Bertz CT molecular complexity index is 1490. The lowest BCUT2D eigenvalue weighted by atomic mass is 10.0. The molecule has 0 bridgehead atoms. The molecule has 2 fully saturated rings. The number of fused-ring (bicyclic) bond motifs is 1. The number of carbonyl (C=O) groups is 5. The first-order valence-corrected chi connectivity index (χ1v) is 13.1. The van der Waals surface area contributed by atoms with E-state index in [1.54, 1.807) is 29.3 Å². The summed E-state index contributed by atoms with van der Waals surface area (Å²) in [5.74, 6) is -4.01. The number of amides is 4. The molecule has 0 aliphatic carbocycles. The summed E-state index contributed by atoms with van der Waals surface area (Å²) in [5.41, 5.74) is 2.09. The summed E-state index contributed by atoms with van der Waals surface area (Å²) in [6.07, 6.45) is -3.02. The van der Waals surface area contributed by atoms with Crippen molar-refractivity contribution in [1.82, 2.24) is 35.0 Å². The van der Waals surface area contributed by atoms with Gasteiger partial charge in [0.25, 0.3) is 11.8 Å². The summed E-state index contributed by atoms with van der Waals surface area (Å²) in [6, 6.07) is 6.80. The van der Waals surface area contributed by atoms with Gasteiger partial charge < -0.3 is 14.9 Å². The van der Waals surface area contributed by atoms with Crippen molar-refractivity contribution in [2.75, 3.05) is 19.6 Å². The van der Waals surface area contributed by atoms with Crippen LogP contribution in [-0.4, -0.2) is 108 Å². The Labute approximate surface area is 242 Å². The number of hydrogen-bond donors (Lipinski definition) is 2. The molecule has 2 N–H and O–H groups in total. The molecule has 1 aromatic heterocycles. The van der Waals surface area contributed by atoms with Gasteiger partial charge in [-0.05, 0) is 44.0 Å². The van der Waals surface area contributed by atoms with E-state index in [9.17, 15) is 32.3 Å². The number of carbonyl (C=O) groups excluding carboxylic acids is 4. The van der Waals surface area contributed by atoms with Gasteiger partial charge in [0.2, 0.25) is 11.8 Å². The number of piperidine rings is 1. The number of carboxylic acids is 1. The summed E-state index contributed by atoms with van der Waals surface area (Å²) in [4.78, 5) is 63.9. The summed E-state index contributed by atoms with van der Waals surface area (Å²) < 4.78 is 33.2. The van der Waals surface area contributed by atoms with Crippen LogP contribution in [0.5, 0.6) is 0 Å². The van der Waals surface area contributed by atoms with Crippen molar-refractivity contribution < 1.29 is 42.3 Å². The highest BCUT2D eigenvalue weighted by molar-refractivity contribution is 6.05. The molecule has 0 radical (unpaired) electrons. The normalized spacial score (nSPS) is 22.3. The molecule has 3 aliphatic heterocycles. The van der Waals surface area contributed by atoms with Crippen molar-refractivity contribution in [2.24, 2.45) is 0 Å². The van der Waals surface area contributed by atoms with E-state index < -0.39 is 24.1 Å². The molecular weight excluding hydrogens is 577 g/mol.